The maximum Gasteiger partial charge on any atom is 0.341 e. The first-order chi connectivity index (χ1) is 13.0. The molecule has 0 aliphatic carbocycles. The molecule has 0 aliphatic rings. The van der Waals surface area contributed by atoms with Crippen LogP contribution in [0, 0.1) is 6.92 Å². The molecule has 2 aromatic heterocycles. The van der Waals surface area contributed by atoms with Crippen LogP contribution in [0.15, 0.2) is 47.1 Å². The second kappa shape index (κ2) is 8.09. The summed E-state index contributed by atoms with van der Waals surface area (Å²) in [5.74, 6) is -0.0204. The van der Waals surface area contributed by atoms with Crippen molar-refractivity contribution in [1.82, 2.24) is 0 Å². The molecule has 0 atom stereocenters. The van der Waals surface area contributed by atoms with Crippen LogP contribution in [0.1, 0.15) is 32.7 Å². The minimum Gasteiger partial charge on any atom is -0.497 e. The summed E-state index contributed by atoms with van der Waals surface area (Å²) in [6.45, 7) is 3.88. The number of amides is 1. The maximum atomic E-state index is 12.6. The first-order valence-electron chi connectivity index (χ1n) is 8.35. The first kappa shape index (κ1) is 18.7. The number of benzene rings is 1. The molecule has 3 rings (SSSR count). The Morgan fingerprint density at radius 3 is 2.52 bits per heavy atom. The average Bonchev–Trinajstić information content (AvgIpc) is 3.30. The second-order valence-electron chi connectivity index (χ2n) is 5.62. The minimum absolute atomic E-state index is 0.168. The predicted octanol–water partition coefficient (Wildman–Crippen LogP) is 4.75. The maximum absolute atomic E-state index is 12.6. The van der Waals surface area contributed by atoms with Gasteiger partial charge in [0.1, 0.15) is 16.3 Å². The molecule has 1 N–H and O–H groups in total. The molecule has 7 heteroatoms. The minimum atomic E-state index is -0.484. The van der Waals surface area contributed by atoms with E-state index in [9.17, 15) is 9.59 Å². The van der Waals surface area contributed by atoms with Crippen LogP contribution < -0.4 is 10.1 Å². The van der Waals surface area contributed by atoms with Crippen molar-refractivity contribution in [2.45, 2.75) is 13.8 Å². The highest BCUT2D eigenvalue weighted by molar-refractivity contribution is 7.17. The molecule has 140 valence electrons. The molecule has 6 nitrogen and oxygen atoms in total. The summed E-state index contributed by atoms with van der Waals surface area (Å²) in [5, 5.41) is 3.19. The number of ether oxygens (including phenoxy) is 2. The lowest BCUT2D eigenvalue weighted by atomic mass is 10.0. The fourth-order valence-electron chi connectivity index (χ4n) is 2.71. The van der Waals surface area contributed by atoms with Crippen molar-refractivity contribution in [2.75, 3.05) is 19.0 Å². The molecule has 1 aromatic carbocycles. The molecule has 0 radical (unpaired) electrons. The number of rotatable bonds is 6. The lowest BCUT2D eigenvalue weighted by Gasteiger charge is -2.09. The number of aryl methyl sites for hydroxylation is 1. The number of hydrogen-bond acceptors (Lipinski definition) is 6. The monoisotopic (exact) mass is 385 g/mol. The highest BCUT2D eigenvalue weighted by Crippen LogP contribution is 2.41. The number of anilines is 1. The van der Waals surface area contributed by atoms with Gasteiger partial charge in [-0.1, -0.05) is 12.1 Å². The predicted molar refractivity (Wildman–Crippen MR) is 104 cm³/mol. The molecule has 0 fully saturated rings. The number of furan rings is 1. The summed E-state index contributed by atoms with van der Waals surface area (Å²) in [7, 11) is 1.59. The largest absolute Gasteiger partial charge is 0.497 e. The Labute approximate surface area is 160 Å². The van der Waals surface area contributed by atoms with Crippen molar-refractivity contribution in [3.8, 4) is 16.9 Å². The summed E-state index contributed by atoms with van der Waals surface area (Å²) >= 11 is 1.32. The van der Waals surface area contributed by atoms with E-state index < -0.39 is 11.9 Å². The van der Waals surface area contributed by atoms with Gasteiger partial charge < -0.3 is 19.2 Å². The van der Waals surface area contributed by atoms with E-state index in [0.717, 1.165) is 21.8 Å². The molecule has 27 heavy (non-hydrogen) atoms. The molecule has 0 spiro atoms. The Hall–Kier alpha value is -3.06. The molecule has 3 aromatic rings. The molecule has 0 bridgehead atoms. The third-order valence-electron chi connectivity index (χ3n) is 3.91. The van der Waals surface area contributed by atoms with Gasteiger partial charge in [0.25, 0.3) is 5.91 Å². The van der Waals surface area contributed by atoms with Crippen LogP contribution in [-0.4, -0.2) is 25.6 Å². The first-order valence-corrected chi connectivity index (χ1v) is 9.16. The van der Waals surface area contributed by atoms with Gasteiger partial charge in [0, 0.05) is 10.4 Å². The summed E-state index contributed by atoms with van der Waals surface area (Å²) < 4.78 is 15.5. The molecule has 0 saturated carbocycles. The van der Waals surface area contributed by atoms with Crippen molar-refractivity contribution >= 4 is 28.2 Å². The number of carbonyl (C=O) groups excluding carboxylic acids is 2. The second-order valence-corrected chi connectivity index (χ2v) is 6.84. The van der Waals surface area contributed by atoms with Gasteiger partial charge in [0.15, 0.2) is 5.76 Å². The number of thiophene rings is 1. The van der Waals surface area contributed by atoms with E-state index in [0.29, 0.717) is 10.6 Å². The standard InChI is InChI=1S/C20H19NO5S/c1-4-25-20(23)17-16(13-7-9-14(24-3)10-8-13)12(2)27-19(17)21-18(22)15-6-5-11-26-15/h5-11H,4H2,1-3H3,(H,21,22). The van der Waals surface area contributed by atoms with Gasteiger partial charge in [0.05, 0.1) is 20.0 Å². The number of hydrogen-bond donors (Lipinski definition) is 1. The van der Waals surface area contributed by atoms with E-state index in [2.05, 4.69) is 5.32 Å². The lowest BCUT2D eigenvalue weighted by Crippen LogP contribution is -2.14. The van der Waals surface area contributed by atoms with Crippen molar-refractivity contribution < 1.29 is 23.5 Å². The van der Waals surface area contributed by atoms with Crippen molar-refractivity contribution in [3.05, 3.63) is 58.9 Å². The lowest BCUT2D eigenvalue weighted by molar-refractivity contribution is 0.0529. The highest BCUT2D eigenvalue weighted by atomic mass is 32.1. The van der Waals surface area contributed by atoms with Crippen LogP contribution in [0.4, 0.5) is 5.00 Å². The Bertz CT molecular complexity index is 942. The fourth-order valence-corrected chi connectivity index (χ4v) is 3.77. The normalized spacial score (nSPS) is 10.5. The van der Waals surface area contributed by atoms with Crippen molar-refractivity contribution in [2.24, 2.45) is 0 Å². The van der Waals surface area contributed by atoms with Crippen LogP contribution in [0.25, 0.3) is 11.1 Å². The van der Waals surface area contributed by atoms with E-state index in [1.54, 1.807) is 26.2 Å². The van der Waals surface area contributed by atoms with Gasteiger partial charge >= 0.3 is 5.97 Å². The average molecular weight is 385 g/mol. The van der Waals surface area contributed by atoms with Crippen molar-refractivity contribution in [3.63, 3.8) is 0 Å². The van der Waals surface area contributed by atoms with E-state index >= 15 is 0 Å². The Morgan fingerprint density at radius 2 is 1.93 bits per heavy atom. The van der Waals surface area contributed by atoms with E-state index in [-0.39, 0.29) is 12.4 Å². The van der Waals surface area contributed by atoms with E-state index in [4.69, 9.17) is 13.9 Å². The van der Waals surface area contributed by atoms with Crippen LogP contribution in [0.3, 0.4) is 0 Å². The Kier molecular flexibility index (Phi) is 5.61. The van der Waals surface area contributed by atoms with Gasteiger partial charge in [-0.3, -0.25) is 4.79 Å². The molecule has 0 saturated heterocycles. The SMILES string of the molecule is CCOC(=O)c1c(NC(=O)c2ccco2)sc(C)c1-c1ccc(OC)cc1. The molecule has 2 heterocycles. The summed E-state index contributed by atoms with van der Waals surface area (Å²) in [5.41, 5.74) is 1.91. The van der Waals surface area contributed by atoms with Crippen LogP contribution in [-0.2, 0) is 4.74 Å². The topological polar surface area (TPSA) is 77.8 Å². The van der Waals surface area contributed by atoms with Crippen molar-refractivity contribution in [1.29, 1.82) is 0 Å². The zero-order valence-corrected chi connectivity index (χ0v) is 16.0. The number of carbonyl (C=O) groups is 2. The molecular weight excluding hydrogens is 366 g/mol. The van der Waals surface area contributed by atoms with Gasteiger partial charge in [-0.25, -0.2) is 4.79 Å². The molecular formula is C20H19NO5S. The highest BCUT2D eigenvalue weighted by Gasteiger charge is 2.26. The van der Waals surface area contributed by atoms with Gasteiger partial charge in [0.2, 0.25) is 0 Å². The van der Waals surface area contributed by atoms with Crippen LogP contribution >= 0.6 is 11.3 Å². The quantitative estimate of drug-likeness (QED) is 0.619. The van der Waals surface area contributed by atoms with Gasteiger partial charge in [-0.05, 0) is 43.7 Å². The third-order valence-corrected chi connectivity index (χ3v) is 4.94. The molecule has 1 amide bonds. The van der Waals surface area contributed by atoms with Crippen LogP contribution in [0.2, 0.25) is 0 Å². The number of esters is 1. The third kappa shape index (κ3) is 3.88. The zero-order valence-electron chi connectivity index (χ0n) is 15.2. The van der Waals surface area contributed by atoms with Gasteiger partial charge in [-0.2, -0.15) is 0 Å². The molecule has 0 unspecified atom stereocenters. The Balaban J connectivity index is 2.05. The van der Waals surface area contributed by atoms with E-state index in [1.807, 2.05) is 31.2 Å². The summed E-state index contributed by atoms with van der Waals surface area (Å²) in [6, 6.07) is 10.6. The van der Waals surface area contributed by atoms with E-state index in [1.165, 1.54) is 17.6 Å². The Morgan fingerprint density at radius 1 is 1.19 bits per heavy atom. The summed E-state index contributed by atoms with van der Waals surface area (Å²) in [4.78, 5) is 25.9. The summed E-state index contributed by atoms with van der Waals surface area (Å²) in [6.07, 6.45) is 1.42. The zero-order chi connectivity index (χ0) is 19.4. The molecule has 0 aliphatic heterocycles. The smallest absolute Gasteiger partial charge is 0.341 e. The number of nitrogens with one attached hydrogen (secondary N) is 1. The fraction of sp³-hybridized carbons (Fsp3) is 0.200. The van der Waals surface area contributed by atoms with Crippen LogP contribution in [0.5, 0.6) is 5.75 Å². The number of methoxy groups -OCH3 is 1. The van der Waals surface area contributed by atoms with Gasteiger partial charge in [-0.15, -0.1) is 11.3 Å².